The lowest BCUT2D eigenvalue weighted by Gasteiger charge is -2.10. The lowest BCUT2D eigenvalue weighted by molar-refractivity contribution is -0.120. The largest absolute Gasteiger partial charge is 0.273 e. The molecule has 0 unspecified atom stereocenters. The molecule has 22 heavy (non-hydrogen) atoms. The van der Waals surface area contributed by atoms with Crippen LogP contribution in [0.2, 0.25) is 0 Å². The first-order valence-corrected chi connectivity index (χ1v) is 7.60. The summed E-state index contributed by atoms with van der Waals surface area (Å²) in [7, 11) is 0. The topological polar surface area (TPSA) is 41.5 Å². The van der Waals surface area contributed by atoms with Gasteiger partial charge >= 0.3 is 0 Å². The van der Waals surface area contributed by atoms with Gasteiger partial charge in [-0.05, 0) is 23.5 Å². The van der Waals surface area contributed by atoms with E-state index in [1.165, 1.54) is 0 Å². The van der Waals surface area contributed by atoms with Crippen LogP contribution < -0.4 is 5.43 Å². The van der Waals surface area contributed by atoms with Crippen molar-refractivity contribution in [3.63, 3.8) is 0 Å². The molecule has 3 heteroatoms. The minimum absolute atomic E-state index is 0.0941. The zero-order chi connectivity index (χ0) is 15.8. The maximum absolute atomic E-state index is 12.0. The summed E-state index contributed by atoms with van der Waals surface area (Å²) < 4.78 is 0. The standard InChI is InChI=1S/C19H22N2O/c1-15(2)13-18(17-11-7-4-8-12-17)20-21-19(22)14-16-9-5-3-6-10-16/h3-12,15H,13-14H2,1-2H3,(H,21,22)/b20-18+. The monoisotopic (exact) mass is 294 g/mol. The number of hydrazone groups is 1. The second kappa shape index (κ2) is 8.13. The van der Waals surface area contributed by atoms with E-state index in [1.807, 2.05) is 60.7 Å². The molecule has 0 bridgehead atoms. The summed E-state index contributed by atoms with van der Waals surface area (Å²) in [6.07, 6.45) is 1.17. The molecule has 0 saturated heterocycles. The van der Waals surface area contributed by atoms with Gasteiger partial charge in [-0.15, -0.1) is 0 Å². The predicted octanol–water partition coefficient (Wildman–Crippen LogP) is 3.80. The molecule has 0 aliphatic carbocycles. The molecule has 3 nitrogen and oxygen atoms in total. The third-order valence-electron chi connectivity index (χ3n) is 3.23. The molecule has 2 aromatic rings. The molecule has 0 aliphatic heterocycles. The first-order valence-electron chi connectivity index (χ1n) is 7.60. The third-order valence-corrected chi connectivity index (χ3v) is 3.23. The highest BCUT2D eigenvalue weighted by Gasteiger charge is 2.08. The Labute approximate surface area is 132 Å². The number of benzene rings is 2. The van der Waals surface area contributed by atoms with Crippen LogP contribution in [0.25, 0.3) is 0 Å². The predicted molar refractivity (Wildman–Crippen MR) is 90.7 cm³/mol. The Morgan fingerprint density at radius 3 is 2.18 bits per heavy atom. The fraction of sp³-hybridized carbons (Fsp3) is 0.263. The molecule has 2 aromatic carbocycles. The number of nitrogens with one attached hydrogen (secondary N) is 1. The van der Waals surface area contributed by atoms with Crippen molar-refractivity contribution in [1.82, 2.24) is 5.43 Å². The van der Waals surface area contributed by atoms with E-state index in [0.29, 0.717) is 12.3 Å². The van der Waals surface area contributed by atoms with E-state index in [-0.39, 0.29) is 5.91 Å². The van der Waals surface area contributed by atoms with Crippen molar-refractivity contribution in [2.24, 2.45) is 11.0 Å². The minimum atomic E-state index is -0.0941. The van der Waals surface area contributed by atoms with Gasteiger partial charge < -0.3 is 0 Å². The Hall–Kier alpha value is -2.42. The first kappa shape index (κ1) is 16.0. The molecule has 0 saturated carbocycles. The van der Waals surface area contributed by atoms with E-state index in [1.54, 1.807) is 0 Å². The lowest BCUT2D eigenvalue weighted by Crippen LogP contribution is -2.22. The Kier molecular flexibility index (Phi) is 5.90. The summed E-state index contributed by atoms with van der Waals surface area (Å²) in [5.74, 6) is 0.383. The molecule has 0 aliphatic rings. The second-order valence-corrected chi connectivity index (χ2v) is 5.72. The molecule has 114 valence electrons. The number of rotatable bonds is 6. The van der Waals surface area contributed by atoms with Crippen LogP contribution in [0.15, 0.2) is 65.8 Å². The van der Waals surface area contributed by atoms with E-state index in [2.05, 4.69) is 24.4 Å². The molecular weight excluding hydrogens is 272 g/mol. The molecule has 0 fully saturated rings. The van der Waals surface area contributed by atoms with Gasteiger partial charge in [-0.25, -0.2) is 5.43 Å². The van der Waals surface area contributed by atoms with Gasteiger partial charge in [0, 0.05) is 0 Å². The van der Waals surface area contributed by atoms with Gasteiger partial charge in [0.2, 0.25) is 5.91 Å². The fourth-order valence-electron chi connectivity index (χ4n) is 2.20. The van der Waals surface area contributed by atoms with Crippen molar-refractivity contribution in [1.29, 1.82) is 0 Å². The Morgan fingerprint density at radius 1 is 1.00 bits per heavy atom. The van der Waals surface area contributed by atoms with Gasteiger partial charge in [0.05, 0.1) is 12.1 Å². The SMILES string of the molecule is CC(C)C/C(=N\NC(=O)Cc1ccccc1)c1ccccc1. The van der Waals surface area contributed by atoms with Gasteiger partial charge in [-0.2, -0.15) is 5.10 Å². The van der Waals surface area contributed by atoms with Crippen molar-refractivity contribution in [3.05, 3.63) is 71.8 Å². The highest BCUT2D eigenvalue weighted by molar-refractivity contribution is 6.01. The summed E-state index contributed by atoms with van der Waals surface area (Å²) >= 11 is 0. The summed E-state index contributed by atoms with van der Waals surface area (Å²) in [6, 6.07) is 19.7. The van der Waals surface area contributed by atoms with Crippen LogP contribution in [0.1, 0.15) is 31.4 Å². The Morgan fingerprint density at radius 2 is 1.59 bits per heavy atom. The average Bonchev–Trinajstić information content (AvgIpc) is 2.53. The lowest BCUT2D eigenvalue weighted by atomic mass is 10.0. The van der Waals surface area contributed by atoms with E-state index in [9.17, 15) is 4.79 Å². The molecule has 1 N–H and O–H groups in total. The van der Waals surface area contributed by atoms with E-state index in [4.69, 9.17) is 0 Å². The number of carbonyl (C=O) groups is 1. The average molecular weight is 294 g/mol. The van der Waals surface area contributed by atoms with Gasteiger partial charge in [0.1, 0.15) is 0 Å². The molecule has 0 spiro atoms. The second-order valence-electron chi connectivity index (χ2n) is 5.72. The smallest absolute Gasteiger partial charge is 0.244 e. The highest BCUT2D eigenvalue weighted by Crippen LogP contribution is 2.10. The molecular formula is C19H22N2O. The van der Waals surface area contributed by atoms with Crippen molar-refractivity contribution in [3.8, 4) is 0 Å². The van der Waals surface area contributed by atoms with Crippen LogP contribution in [0.3, 0.4) is 0 Å². The Bertz CT molecular complexity index is 618. The quantitative estimate of drug-likeness (QED) is 0.639. The number of hydrogen-bond donors (Lipinski definition) is 1. The number of carbonyl (C=O) groups excluding carboxylic acids is 1. The number of nitrogens with zero attached hydrogens (tertiary/aromatic N) is 1. The maximum atomic E-state index is 12.0. The first-order chi connectivity index (χ1) is 10.6. The van der Waals surface area contributed by atoms with Crippen LogP contribution in [-0.4, -0.2) is 11.6 Å². The molecule has 0 aromatic heterocycles. The summed E-state index contributed by atoms with van der Waals surface area (Å²) in [5, 5.41) is 4.35. The van der Waals surface area contributed by atoms with Gasteiger partial charge in [0.25, 0.3) is 0 Å². The fourth-order valence-corrected chi connectivity index (χ4v) is 2.20. The van der Waals surface area contributed by atoms with Gasteiger partial charge in [0.15, 0.2) is 0 Å². The Balaban J connectivity index is 2.05. The van der Waals surface area contributed by atoms with Crippen molar-refractivity contribution in [2.75, 3.05) is 0 Å². The van der Waals surface area contributed by atoms with Crippen LogP contribution >= 0.6 is 0 Å². The molecule has 0 radical (unpaired) electrons. The molecule has 0 atom stereocenters. The van der Waals surface area contributed by atoms with Gasteiger partial charge in [-0.1, -0.05) is 74.5 Å². The summed E-state index contributed by atoms with van der Waals surface area (Å²) in [4.78, 5) is 12.0. The number of hydrogen-bond acceptors (Lipinski definition) is 2. The summed E-state index contributed by atoms with van der Waals surface area (Å²) in [6.45, 7) is 4.29. The minimum Gasteiger partial charge on any atom is -0.273 e. The van der Waals surface area contributed by atoms with E-state index < -0.39 is 0 Å². The normalized spacial score (nSPS) is 11.5. The molecule has 0 heterocycles. The van der Waals surface area contributed by atoms with Crippen molar-refractivity contribution >= 4 is 11.6 Å². The van der Waals surface area contributed by atoms with Crippen molar-refractivity contribution in [2.45, 2.75) is 26.7 Å². The van der Waals surface area contributed by atoms with Crippen LogP contribution in [-0.2, 0) is 11.2 Å². The maximum Gasteiger partial charge on any atom is 0.244 e. The van der Waals surface area contributed by atoms with Crippen LogP contribution in [0, 0.1) is 5.92 Å². The number of amides is 1. The summed E-state index contributed by atoms with van der Waals surface area (Å²) in [5.41, 5.74) is 5.64. The molecule has 1 amide bonds. The highest BCUT2D eigenvalue weighted by atomic mass is 16.2. The third kappa shape index (κ3) is 5.17. The van der Waals surface area contributed by atoms with Crippen molar-refractivity contribution < 1.29 is 4.79 Å². The van der Waals surface area contributed by atoms with Crippen LogP contribution in [0.4, 0.5) is 0 Å². The zero-order valence-corrected chi connectivity index (χ0v) is 13.1. The van der Waals surface area contributed by atoms with E-state index >= 15 is 0 Å². The molecule has 2 rings (SSSR count). The van der Waals surface area contributed by atoms with E-state index in [0.717, 1.165) is 23.3 Å². The van der Waals surface area contributed by atoms with Gasteiger partial charge in [-0.3, -0.25) is 4.79 Å². The zero-order valence-electron chi connectivity index (χ0n) is 13.1. The van der Waals surface area contributed by atoms with Crippen LogP contribution in [0.5, 0.6) is 0 Å².